The highest BCUT2D eigenvalue weighted by Crippen LogP contribution is 2.39. The van der Waals surface area contributed by atoms with Crippen LogP contribution in [0.25, 0.3) is 0 Å². The highest BCUT2D eigenvalue weighted by atomic mass is 32.2. The minimum absolute atomic E-state index is 0.307. The first-order valence-corrected chi connectivity index (χ1v) is 5.19. The van der Waals surface area contributed by atoms with Crippen LogP contribution in [0.15, 0.2) is 17.0 Å². The number of hydrogen-bond donors (Lipinski definition) is 0. The highest BCUT2D eigenvalue weighted by molar-refractivity contribution is 8.00. The van der Waals surface area contributed by atoms with Crippen LogP contribution < -0.4 is 0 Å². The molecule has 1 aromatic rings. The van der Waals surface area contributed by atoms with E-state index in [2.05, 4.69) is 4.98 Å². The lowest BCUT2D eigenvalue weighted by atomic mass is 10.3. The van der Waals surface area contributed by atoms with Crippen LogP contribution in [-0.2, 0) is 0 Å². The molecule has 0 N–H and O–H groups in total. The second kappa shape index (κ2) is 3.69. The molecule has 14 heavy (non-hydrogen) atoms. The summed E-state index contributed by atoms with van der Waals surface area (Å²) in [5.74, 6) is 0. The quantitative estimate of drug-likeness (QED) is 0.735. The van der Waals surface area contributed by atoms with Crippen LogP contribution in [0, 0.1) is 22.7 Å². The summed E-state index contributed by atoms with van der Waals surface area (Å²) in [7, 11) is 0. The van der Waals surface area contributed by atoms with Crippen molar-refractivity contribution in [1.29, 1.82) is 10.5 Å². The third-order valence-corrected chi connectivity index (χ3v) is 3.28. The van der Waals surface area contributed by atoms with Crippen LogP contribution in [0.2, 0.25) is 0 Å². The lowest BCUT2D eigenvalue weighted by Gasteiger charge is -2.00. The van der Waals surface area contributed by atoms with Gasteiger partial charge in [0.2, 0.25) is 0 Å². The van der Waals surface area contributed by atoms with Crippen LogP contribution in [0.3, 0.4) is 0 Å². The van der Waals surface area contributed by atoms with Crippen molar-refractivity contribution in [1.82, 2.24) is 4.98 Å². The van der Waals surface area contributed by atoms with E-state index in [0.717, 1.165) is 4.90 Å². The van der Waals surface area contributed by atoms with E-state index in [4.69, 9.17) is 10.5 Å². The molecule has 0 radical (unpaired) electrons. The largest absolute Gasteiger partial charge is 0.225 e. The van der Waals surface area contributed by atoms with E-state index in [1.807, 2.05) is 18.2 Å². The number of nitriles is 2. The first kappa shape index (κ1) is 9.05. The second-order valence-corrected chi connectivity index (χ2v) is 4.43. The Kier molecular flexibility index (Phi) is 2.39. The summed E-state index contributed by atoms with van der Waals surface area (Å²) >= 11 is 1.69. The maximum atomic E-state index is 8.84. The SMILES string of the molecule is N#Cc1ccc(SC2CC2)c(C#N)n1. The number of nitrogens with zero attached hydrogens (tertiary/aromatic N) is 3. The molecule has 68 valence electrons. The Morgan fingerprint density at radius 3 is 2.64 bits per heavy atom. The second-order valence-electron chi connectivity index (χ2n) is 3.08. The molecule has 0 atom stereocenters. The molecule has 1 fully saturated rings. The minimum Gasteiger partial charge on any atom is -0.225 e. The number of aromatic nitrogens is 1. The van der Waals surface area contributed by atoms with Crippen molar-refractivity contribution < 1.29 is 0 Å². The average molecular weight is 201 g/mol. The predicted octanol–water partition coefficient (Wildman–Crippen LogP) is 2.08. The Balaban J connectivity index is 2.31. The van der Waals surface area contributed by atoms with E-state index in [-0.39, 0.29) is 0 Å². The molecule has 0 bridgehead atoms. The molecular weight excluding hydrogens is 194 g/mol. The van der Waals surface area contributed by atoms with Gasteiger partial charge in [0.1, 0.15) is 17.8 Å². The smallest absolute Gasteiger partial charge is 0.155 e. The monoisotopic (exact) mass is 201 g/mol. The molecule has 1 aromatic heterocycles. The van der Waals surface area contributed by atoms with E-state index in [0.29, 0.717) is 16.6 Å². The summed E-state index contributed by atoms with van der Waals surface area (Å²) in [6.45, 7) is 0. The van der Waals surface area contributed by atoms with Crippen molar-refractivity contribution in [3.63, 3.8) is 0 Å². The van der Waals surface area contributed by atoms with Gasteiger partial charge in [-0.1, -0.05) is 0 Å². The Bertz CT molecular complexity index is 438. The molecule has 0 saturated heterocycles. The average Bonchev–Trinajstić information content (AvgIpc) is 3.02. The van der Waals surface area contributed by atoms with Gasteiger partial charge in [-0.15, -0.1) is 11.8 Å². The van der Waals surface area contributed by atoms with Crippen LogP contribution in [-0.4, -0.2) is 10.2 Å². The van der Waals surface area contributed by atoms with Gasteiger partial charge in [-0.05, 0) is 25.0 Å². The standard InChI is InChI=1S/C10H7N3S/c11-5-7-1-4-10(9(6-12)13-7)14-8-2-3-8/h1,4,8H,2-3H2. The molecule has 1 aliphatic rings. The van der Waals surface area contributed by atoms with Gasteiger partial charge in [-0.25, -0.2) is 4.98 Å². The van der Waals surface area contributed by atoms with E-state index in [1.54, 1.807) is 17.8 Å². The van der Waals surface area contributed by atoms with Gasteiger partial charge in [0.15, 0.2) is 5.69 Å². The van der Waals surface area contributed by atoms with Crippen molar-refractivity contribution in [2.45, 2.75) is 23.0 Å². The fourth-order valence-electron chi connectivity index (χ4n) is 1.05. The topological polar surface area (TPSA) is 60.5 Å². The summed E-state index contributed by atoms with van der Waals surface area (Å²) in [4.78, 5) is 4.84. The van der Waals surface area contributed by atoms with Crippen LogP contribution in [0.4, 0.5) is 0 Å². The molecule has 1 aliphatic carbocycles. The molecule has 0 amide bonds. The fourth-order valence-corrected chi connectivity index (χ4v) is 2.13. The molecule has 1 saturated carbocycles. The Morgan fingerprint density at radius 1 is 1.29 bits per heavy atom. The molecule has 3 nitrogen and oxygen atoms in total. The van der Waals surface area contributed by atoms with Crippen LogP contribution in [0.5, 0.6) is 0 Å². The Hall–Kier alpha value is -1.52. The van der Waals surface area contributed by atoms with Gasteiger partial charge >= 0.3 is 0 Å². The molecule has 0 aliphatic heterocycles. The van der Waals surface area contributed by atoms with E-state index in [9.17, 15) is 0 Å². The number of rotatable bonds is 2. The van der Waals surface area contributed by atoms with Gasteiger partial charge < -0.3 is 0 Å². The highest BCUT2D eigenvalue weighted by Gasteiger charge is 2.24. The van der Waals surface area contributed by atoms with Gasteiger partial charge in [-0.3, -0.25) is 0 Å². The number of hydrogen-bond acceptors (Lipinski definition) is 4. The van der Waals surface area contributed by atoms with Crippen LogP contribution in [0.1, 0.15) is 24.2 Å². The Labute approximate surface area is 86.4 Å². The normalized spacial score (nSPS) is 14.4. The van der Waals surface area contributed by atoms with E-state index in [1.165, 1.54) is 12.8 Å². The third-order valence-electron chi connectivity index (χ3n) is 1.90. The van der Waals surface area contributed by atoms with Crippen molar-refractivity contribution in [2.24, 2.45) is 0 Å². The Morgan fingerprint density at radius 2 is 2.07 bits per heavy atom. The van der Waals surface area contributed by atoms with Gasteiger partial charge in [0, 0.05) is 10.1 Å². The summed E-state index contributed by atoms with van der Waals surface area (Å²) in [5.41, 5.74) is 0.683. The van der Waals surface area contributed by atoms with Crippen molar-refractivity contribution in [3.05, 3.63) is 23.5 Å². The lowest BCUT2D eigenvalue weighted by Crippen LogP contribution is -1.91. The van der Waals surface area contributed by atoms with Gasteiger partial charge in [0.25, 0.3) is 0 Å². The number of pyridine rings is 1. The summed E-state index contributed by atoms with van der Waals surface area (Å²) in [6, 6.07) is 7.42. The molecule has 0 unspecified atom stereocenters. The van der Waals surface area contributed by atoms with E-state index < -0.39 is 0 Å². The molecular formula is C10H7N3S. The number of thioether (sulfide) groups is 1. The minimum atomic E-state index is 0.307. The lowest BCUT2D eigenvalue weighted by molar-refractivity contribution is 1.14. The summed E-state index contributed by atoms with van der Waals surface area (Å²) < 4.78 is 0. The molecule has 2 rings (SSSR count). The van der Waals surface area contributed by atoms with Crippen LogP contribution >= 0.6 is 11.8 Å². The van der Waals surface area contributed by atoms with E-state index >= 15 is 0 Å². The van der Waals surface area contributed by atoms with Gasteiger partial charge in [-0.2, -0.15) is 10.5 Å². The van der Waals surface area contributed by atoms with Crippen molar-refractivity contribution >= 4 is 11.8 Å². The first-order valence-electron chi connectivity index (χ1n) is 4.31. The summed E-state index contributed by atoms with van der Waals surface area (Å²) in [5, 5.41) is 18.1. The maximum absolute atomic E-state index is 8.84. The van der Waals surface area contributed by atoms with Gasteiger partial charge in [0.05, 0.1) is 0 Å². The zero-order chi connectivity index (χ0) is 9.97. The summed E-state index contributed by atoms with van der Waals surface area (Å²) in [6.07, 6.45) is 2.44. The van der Waals surface area contributed by atoms with Crippen molar-refractivity contribution in [3.8, 4) is 12.1 Å². The first-order chi connectivity index (χ1) is 6.83. The third kappa shape index (κ3) is 1.86. The molecule has 0 aromatic carbocycles. The predicted molar refractivity (Wildman–Crippen MR) is 52.5 cm³/mol. The maximum Gasteiger partial charge on any atom is 0.155 e. The molecule has 0 spiro atoms. The van der Waals surface area contributed by atoms with Crippen molar-refractivity contribution in [2.75, 3.05) is 0 Å². The zero-order valence-electron chi connectivity index (χ0n) is 7.40. The molecule has 4 heteroatoms. The molecule has 1 heterocycles. The fraction of sp³-hybridized carbons (Fsp3) is 0.300. The zero-order valence-corrected chi connectivity index (χ0v) is 8.21.